The van der Waals surface area contributed by atoms with E-state index in [-0.39, 0.29) is 23.7 Å². The van der Waals surface area contributed by atoms with Crippen LogP contribution in [0.25, 0.3) is 0 Å². The van der Waals surface area contributed by atoms with Crippen LogP contribution in [0.4, 0.5) is 8.78 Å². The van der Waals surface area contributed by atoms with E-state index in [0.29, 0.717) is 0 Å². The molecule has 104 valence electrons. The molecule has 0 fully saturated rings. The Balaban J connectivity index is 2.05. The van der Waals surface area contributed by atoms with Gasteiger partial charge in [0.2, 0.25) is 0 Å². The van der Waals surface area contributed by atoms with Crippen molar-refractivity contribution in [1.82, 2.24) is 0 Å². The molecule has 0 atom stereocenters. The van der Waals surface area contributed by atoms with Gasteiger partial charge in [0, 0.05) is 5.56 Å². The van der Waals surface area contributed by atoms with Crippen molar-refractivity contribution in [3.63, 3.8) is 0 Å². The third-order valence-corrected chi connectivity index (χ3v) is 2.67. The normalized spacial score (nSPS) is 10.2. The zero-order chi connectivity index (χ0) is 14.5. The lowest BCUT2D eigenvalue weighted by Crippen LogP contribution is -2.12. The van der Waals surface area contributed by atoms with Crippen molar-refractivity contribution >= 4 is 5.78 Å². The van der Waals surface area contributed by atoms with Gasteiger partial charge in [0.05, 0.1) is 7.11 Å². The number of Topliss-reactive ketones (excluding diaryl/α,β-unsaturated/α-hetero) is 1. The molecule has 2 rings (SSSR count). The SMILES string of the molecule is COc1ccc(C(=O)COc2ccccc2F)cc1F. The van der Waals surface area contributed by atoms with E-state index in [1.54, 1.807) is 6.07 Å². The molecule has 0 amide bonds. The number of halogens is 2. The quantitative estimate of drug-likeness (QED) is 0.788. The van der Waals surface area contributed by atoms with Gasteiger partial charge in [-0.3, -0.25) is 4.79 Å². The topological polar surface area (TPSA) is 35.5 Å². The Kier molecular flexibility index (Phi) is 4.30. The third kappa shape index (κ3) is 3.12. The Hall–Kier alpha value is -2.43. The predicted octanol–water partition coefficient (Wildman–Crippen LogP) is 3.24. The fourth-order valence-corrected chi connectivity index (χ4v) is 1.63. The summed E-state index contributed by atoms with van der Waals surface area (Å²) in [6, 6.07) is 9.59. The summed E-state index contributed by atoms with van der Waals surface area (Å²) in [7, 11) is 1.33. The highest BCUT2D eigenvalue weighted by atomic mass is 19.1. The number of para-hydroxylation sites is 1. The zero-order valence-electron chi connectivity index (χ0n) is 10.7. The van der Waals surface area contributed by atoms with Gasteiger partial charge in [-0.25, -0.2) is 8.78 Å². The Bertz CT molecular complexity index is 626. The highest BCUT2D eigenvalue weighted by Crippen LogP contribution is 2.19. The summed E-state index contributed by atoms with van der Waals surface area (Å²) >= 11 is 0. The van der Waals surface area contributed by atoms with E-state index >= 15 is 0 Å². The molecule has 3 nitrogen and oxygen atoms in total. The summed E-state index contributed by atoms with van der Waals surface area (Å²) in [6.07, 6.45) is 0. The number of ketones is 1. The van der Waals surface area contributed by atoms with E-state index in [1.807, 2.05) is 0 Å². The molecule has 20 heavy (non-hydrogen) atoms. The van der Waals surface area contributed by atoms with Crippen LogP contribution >= 0.6 is 0 Å². The average Bonchev–Trinajstić information content (AvgIpc) is 2.46. The van der Waals surface area contributed by atoms with Crippen molar-refractivity contribution in [2.24, 2.45) is 0 Å². The van der Waals surface area contributed by atoms with E-state index in [4.69, 9.17) is 9.47 Å². The molecular weight excluding hydrogens is 266 g/mol. The minimum Gasteiger partial charge on any atom is -0.494 e. The predicted molar refractivity (Wildman–Crippen MR) is 69.2 cm³/mol. The summed E-state index contributed by atoms with van der Waals surface area (Å²) in [5, 5.41) is 0. The smallest absolute Gasteiger partial charge is 0.200 e. The maximum atomic E-state index is 13.5. The van der Waals surface area contributed by atoms with Crippen LogP contribution in [0.2, 0.25) is 0 Å². The number of benzene rings is 2. The van der Waals surface area contributed by atoms with Gasteiger partial charge in [0.1, 0.15) is 0 Å². The molecular formula is C15H12F2O3. The van der Waals surface area contributed by atoms with E-state index in [1.165, 1.54) is 37.4 Å². The van der Waals surface area contributed by atoms with Gasteiger partial charge < -0.3 is 9.47 Å². The van der Waals surface area contributed by atoms with Gasteiger partial charge in [-0.2, -0.15) is 0 Å². The van der Waals surface area contributed by atoms with Crippen LogP contribution in [0.3, 0.4) is 0 Å². The third-order valence-electron chi connectivity index (χ3n) is 2.67. The second-order valence-electron chi connectivity index (χ2n) is 3.99. The Morgan fingerprint density at radius 2 is 1.80 bits per heavy atom. The van der Waals surface area contributed by atoms with Crippen LogP contribution in [0, 0.1) is 11.6 Å². The first-order valence-corrected chi connectivity index (χ1v) is 5.86. The highest BCUT2D eigenvalue weighted by Gasteiger charge is 2.12. The number of ether oxygens (including phenoxy) is 2. The highest BCUT2D eigenvalue weighted by molar-refractivity contribution is 5.97. The number of carbonyl (C=O) groups excluding carboxylic acids is 1. The molecule has 2 aromatic carbocycles. The van der Waals surface area contributed by atoms with Gasteiger partial charge in [-0.05, 0) is 30.3 Å². The molecule has 0 radical (unpaired) electrons. The van der Waals surface area contributed by atoms with Crippen molar-refractivity contribution < 1.29 is 23.0 Å². The Labute approximate surface area is 114 Å². The number of rotatable bonds is 5. The second-order valence-corrected chi connectivity index (χ2v) is 3.99. The molecule has 0 aliphatic carbocycles. The lowest BCUT2D eigenvalue weighted by Gasteiger charge is -2.07. The molecule has 0 bridgehead atoms. The first kappa shape index (κ1) is 14.0. The first-order chi connectivity index (χ1) is 9.61. The van der Waals surface area contributed by atoms with Gasteiger partial charge in [0.25, 0.3) is 0 Å². The molecule has 2 aromatic rings. The van der Waals surface area contributed by atoms with Gasteiger partial charge in [-0.15, -0.1) is 0 Å². The summed E-state index contributed by atoms with van der Waals surface area (Å²) in [4.78, 5) is 11.8. The fourth-order valence-electron chi connectivity index (χ4n) is 1.63. The minimum atomic E-state index is -0.635. The molecule has 0 saturated heterocycles. The molecule has 0 aliphatic rings. The van der Waals surface area contributed by atoms with E-state index < -0.39 is 17.4 Å². The maximum absolute atomic E-state index is 13.5. The molecule has 0 heterocycles. The molecule has 0 N–H and O–H groups in total. The monoisotopic (exact) mass is 278 g/mol. The zero-order valence-corrected chi connectivity index (χ0v) is 10.7. The first-order valence-electron chi connectivity index (χ1n) is 5.86. The molecule has 0 aromatic heterocycles. The lowest BCUT2D eigenvalue weighted by atomic mass is 10.1. The molecule has 5 heteroatoms. The summed E-state index contributed by atoms with van der Waals surface area (Å²) in [6.45, 7) is -0.368. The van der Waals surface area contributed by atoms with Crippen LogP contribution in [-0.2, 0) is 0 Å². The number of carbonyl (C=O) groups is 1. The summed E-state index contributed by atoms with van der Waals surface area (Å²) in [5.74, 6) is -1.60. The van der Waals surface area contributed by atoms with Crippen LogP contribution in [0.1, 0.15) is 10.4 Å². The van der Waals surface area contributed by atoms with Crippen LogP contribution in [-0.4, -0.2) is 19.5 Å². The maximum Gasteiger partial charge on any atom is 0.200 e. The van der Waals surface area contributed by atoms with Crippen molar-refractivity contribution in [2.75, 3.05) is 13.7 Å². The number of methoxy groups -OCH3 is 1. The Morgan fingerprint density at radius 3 is 2.45 bits per heavy atom. The number of hydrogen-bond donors (Lipinski definition) is 0. The van der Waals surface area contributed by atoms with Gasteiger partial charge in [-0.1, -0.05) is 12.1 Å². The Morgan fingerprint density at radius 1 is 1.05 bits per heavy atom. The van der Waals surface area contributed by atoms with Gasteiger partial charge >= 0.3 is 0 Å². The molecule has 0 unspecified atom stereocenters. The fraction of sp³-hybridized carbons (Fsp3) is 0.133. The largest absolute Gasteiger partial charge is 0.494 e. The van der Waals surface area contributed by atoms with Crippen molar-refractivity contribution in [3.8, 4) is 11.5 Å². The van der Waals surface area contributed by atoms with Crippen molar-refractivity contribution in [3.05, 3.63) is 59.7 Å². The van der Waals surface area contributed by atoms with Crippen molar-refractivity contribution in [2.45, 2.75) is 0 Å². The second kappa shape index (κ2) is 6.14. The summed E-state index contributed by atoms with van der Waals surface area (Å²) in [5.41, 5.74) is 0.139. The van der Waals surface area contributed by atoms with E-state index in [0.717, 1.165) is 6.07 Å². The summed E-state index contributed by atoms with van der Waals surface area (Å²) < 4.78 is 36.6. The van der Waals surface area contributed by atoms with Crippen LogP contribution in [0.15, 0.2) is 42.5 Å². The number of hydrogen-bond acceptors (Lipinski definition) is 3. The van der Waals surface area contributed by atoms with E-state index in [2.05, 4.69) is 0 Å². The lowest BCUT2D eigenvalue weighted by molar-refractivity contribution is 0.0918. The van der Waals surface area contributed by atoms with Crippen LogP contribution < -0.4 is 9.47 Å². The van der Waals surface area contributed by atoms with E-state index in [9.17, 15) is 13.6 Å². The molecule has 0 spiro atoms. The molecule has 0 saturated carbocycles. The average molecular weight is 278 g/mol. The van der Waals surface area contributed by atoms with Gasteiger partial charge in [0.15, 0.2) is 35.5 Å². The van der Waals surface area contributed by atoms with Crippen LogP contribution in [0.5, 0.6) is 11.5 Å². The molecule has 0 aliphatic heterocycles. The standard InChI is InChI=1S/C15H12F2O3/c1-19-14-7-6-10(8-12(14)17)13(18)9-20-15-5-3-2-4-11(15)16/h2-8H,9H2,1H3. The van der Waals surface area contributed by atoms with Crippen molar-refractivity contribution in [1.29, 1.82) is 0 Å². The minimum absolute atomic E-state index is 0.0187.